The van der Waals surface area contributed by atoms with Crippen LogP contribution in [0, 0.1) is 11.8 Å². The number of phosphoric ester groups is 2. The lowest BCUT2D eigenvalue weighted by molar-refractivity contribution is -0.161. The van der Waals surface area contributed by atoms with E-state index in [1.54, 1.807) is 0 Å². The zero-order valence-electron chi connectivity index (χ0n) is 64.1. The molecule has 0 spiro atoms. The van der Waals surface area contributed by atoms with Gasteiger partial charge in [0, 0.05) is 25.7 Å². The number of carbonyl (C=O) groups excluding carboxylic acids is 4. The second-order valence-electron chi connectivity index (χ2n) is 28.9. The van der Waals surface area contributed by atoms with Gasteiger partial charge in [-0.3, -0.25) is 37.3 Å². The highest BCUT2D eigenvalue weighted by atomic mass is 31.2. The van der Waals surface area contributed by atoms with E-state index in [1.807, 2.05) is 0 Å². The summed E-state index contributed by atoms with van der Waals surface area (Å²) in [4.78, 5) is 72.9. The maximum Gasteiger partial charge on any atom is 0.472 e. The van der Waals surface area contributed by atoms with E-state index in [-0.39, 0.29) is 25.7 Å². The summed E-state index contributed by atoms with van der Waals surface area (Å²) >= 11 is 0. The van der Waals surface area contributed by atoms with E-state index < -0.39 is 97.5 Å². The van der Waals surface area contributed by atoms with Crippen LogP contribution in [0.2, 0.25) is 0 Å². The summed E-state index contributed by atoms with van der Waals surface area (Å²) in [6.45, 7) is 9.67. The van der Waals surface area contributed by atoms with Crippen LogP contribution in [-0.4, -0.2) is 96.7 Å². The van der Waals surface area contributed by atoms with Crippen LogP contribution in [-0.2, 0) is 65.4 Å². The lowest BCUT2D eigenvalue weighted by Gasteiger charge is -2.21. The van der Waals surface area contributed by atoms with Gasteiger partial charge in [0.05, 0.1) is 26.4 Å². The molecule has 4 unspecified atom stereocenters. The Balaban J connectivity index is 5.25. The van der Waals surface area contributed by atoms with Crippen LogP contribution in [0.5, 0.6) is 0 Å². The number of hydrogen-bond acceptors (Lipinski definition) is 15. The Labute approximate surface area is 600 Å². The second-order valence-corrected chi connectivity index (χ2v) is 31.8. The molecule has 0 fully saturated rings. The van der Waals surface area contributed by atoms with Crippen molar-refractivity contribution in [1.29, 1.82) is 0 Å². The predicted octanol–water partition coefficient (Wildman–Crippen LogP) is 23.5. The van der Waals surface area contributed by atoms with Crippen molar-refractivity contribution in [3.63, 3.8) is 0 Å². The number of aliphatic hydroxyl groups excluding tert-OH is 1. The van der Waals surface area contributed by atoms with Crippen LogP contribution in [0.1, 0.15) is 414 Å². The maximum absolute atomic E-state index is 13.1. The minimum atomic E-state index is -4.96. The fourth-order valence-electron chi connectivity index (χ4n) is 12.1. The number of esters is 4. The molecule has 3 N–H and O–H groups in total. The molecule has 0 rings (SSSR count). The first kappa shape index (κ1) is 96.1. The molecule has 17 nitrogen and oxygen atoms in total. The lowest BCUT2D eigenvalue weighted by atomic mass is 9.99. The van der Waals surface area contributed by atoms with E-state index in [9.17, 15) is 43.2 Å². The van der Waals surface area contributed by atoms with Crippen molar-refractivity contribution in [3.8, 4) is 0 Å². The molecule has 0 aliphatic rings. The van der Waals surface area contributed by atoms with Crippen LogP contribution in [0.3, 0.4) is 0 Å². The van der Waals surface area contributed by atoms with Gasteiger partial charge in [0.25, 0.3) is 0 Å². The average molecular weight is 1440 g/mol. The fraction of sp³-hybridized carbons (Fsp3) is 0.949. The summed E-state index contributed by atoms with van der Waals surface area (Å²) in [5, 5.41) is 10.6. The number of rotatable bonds is 78. The van der Waals surface area contributed by atoms with Gasteiger partial charge >= 0.3 is 39.5 Å². The molecule has 0 aliphatic heterocycles. The van der Waals surface area contributed by atoms with Crippen molar-refractivity contribution >= 4 is 39.5 Å². The Kier molecular flexibility index (Phi) is 69.3. The van der Waals surface area contributed by atoms with Gasteiger partial charge in [-0.15, -0.1) is 0 Å². The zero-order valence-corrected chi connectivity index (χ0v) is 65.9. The Morgan fingerprint density at radius 3 is 0.724 bits per heavy atom. The summed E-state index contributed by atoms with van der Waals surface area (Å²) in [6, 6.07) is 0. The minimum absolute atomic E-state index is 0.105. The largest absolute Gasteiger partial charge is 0.472 e. The second kappa shape index (κ2) is 70.7. The number of ether oxygens (including phenoxy) is 4. The van der Waals surface area contributed by atoms with Crippen molar-refractivity contribution in [2.24, 2.45) is 11.8 Å². The fourth-order valence-corrected chi connectivity index (χ4v) is 13.7. The molecule has 0 aromatic carbocycles. The number of carbonyl (C=O) groups is 4. The molecule has 0 saturated heterocycles. The Hall–Kier alpha value is -1.94. The molecule has 0 aromatic heterocycles. The van der Waals surface area contributed by atoms with Crippen LogP contribution in [0.4, 0.5) is 0 Å². The molecule has 0 radical (unpaired) electrons. The van der Waals surface area contributed by atoms with Crippen LogP contribution in [0.25, 0.3) is 0 Å². The van der Waals surface area contributed by atoms with Crippen molar-refractivity contribution < 1.29 is 80.2 Å². The number of hydrogen-bond donors (Lipinski definition) is 3. The van der Waals surface area contributed by atoms with Gasteiger partial charge in [0.15, 0.2) is 12.2 Å². The van der Waals surface area contributed by atoms with Crippen molar-refractivity contribution in [1.82, 2.24) is 0 Å². The minimum Gasteiger partial charge on any atom is -0.462 e. The van der Waals surface area contributed by atoms with Crippen LogP contribution >= 0.6 is 15.6 Å². The molecule has 7 atom stereocenters. The van der Waals surface area contributed by atoms with Gasteiger partial charge in [0.1, 0.15) is 19.3 Å². The average Bonchev–Trinajstić information content (AvgIpc) is 0.961. The first-order valence-electron chi connectivity index (χ1n) is 41.1. The van der Waals surface area contributed by atoms with E-state index in [1.165, 1.54) is 231 Å². The number of phosphoric acid groups is 2. The van der Waals surface area contributed by atoms with Gasteiger partial charge in [-0.1, -0.05) is 363 Å². The van der Waals surface area contributed by atoms with E-state index in [2.05, 4.69) is 41.5 Å². The highest BCUT2D eigenvalue weighted by molar-refractivity contribution is 7.47. The normalized spacial score (nSPS) is 14.5. The topological polar surface area (TPSA) is 237 Å². The summed E-state index contributed by atoms with van der Waals surface area (Å²) in [6.07, 6.45) is 59.5. The lowest BCUT2D eigenvalue weighted by Crippen LogP contribution is -2.30. The van der Waals surface area contributed by atoms with Crippen molar-refractivity contribution in [2.75, 3.05) is 39.6 Å². The van der Waals surface area contributed by atoms with Gasteiger partial charge in [-0.05, 0) is 37.5 Å². The molecule has 98 heavy (non-hydrogen) atoms. The SMILES string of the molecule is CCCCCCCCCCCCCCCCCCCC(=O)OC[C@H](COP(=O)(O)OC[C@@H](O)COP(=O)(O)OC[C@@H](COC(=O)CCCCCCCCCCCCC)OC(=O)CCCCCCCCCCC(C)CC)OC(=O)CCCCCCCCCCCCCCCCC(C)CC. The predicted molar refractivity (Wildman–Crippen MR) is 400 cm³/mol. The van der Waals surface area contributed by atoms with Crippen molar-refractivity contribution in [3.05, 3.63) is 0 Å². The summed E-state index contributed by atoms with van der Waals surface area (Å²) in [5.74, 6) is -0.496. The summed E-state index contributed by atoms with van der Waals surface area (Å²) in [5.41, 5.74) is 0. The van der Waals surface area contributed by atoms with Crippen molar-refractivity contribution in [2.45, 2.75) is 432 Å². The molecule has 0 saturated carbocycles. The van der Waals surface area contributed by atoms with Gasteiger partial charge in [-0.25, -0.2) is 9.13 Å². The summed E-state index contributed by atoms with van der Waals surface area (Å²) in [7, 11) is -9.92. The third-order valence-corrected chi connectivity index (χ3v) is 21.1. The van der Waals surface area contributed by atoms with Crippen LogP contribution in [0.15, 0.2) is 0 Å². The smallest absolute Gasteiger partial charge is 0.462 e. The van der Waals surface area contributed by atoms with Gasteiger partial charge in [0.2, 0.25) is 0 Å². The standard InChI is InChI=1S/C79H154O17P2/c1-7-11-13-15-17-19-21-22-23-24-25-29-33-37-44-50-56-62-77(82)90-67-74(95-78(83)63-57-51-45-38-34-30-27-26-28-32-35-41-47-53-59-71(5)9-3)69-93-97(85,86)91-65-73(80)66-92-98(87,88)94-70-75(68-89-76(81)61-55-49-43-36-31-20-18-16-14-12-8-2)96-79(84)64-58-52-46-40-39-42-48-54-60-72(6)10-4/h71-75,80H,7-70H2,1-6H3,(H,85,86)(H,87,88)/t71?,72?,73-,74-,75-/m1/s1. The highest BCUT2D eigenvalue weighted by Crippen LogP contribution is 2.45. The number of aliphatic hydroxyl groups is 1. The Morgan fingerprint density at radius 1 is 0.286 bits per heavy atom. The molecular formula is C79H154O17P2. The molecule has 0 aliphatic carbocycles. The molecule has 582 valence electrons. The quantitative estimate of drug-likeness (QED) is 0.0222. The molecule has 0 bridgehead atoms. The Bertz CT molecular complexity index is 1890. The monoisotopic (exact) mass is 1440 g/mol. The van der Waals surface area contributed by atoms with E-state index in [4.69, 9.17) is 37.0 Å². The Morgan fingerprint density at radius 2 is 0.490 bits per heavy atom. The van der Waals surface area contributed by atoms with Crippen LogP contribution < -0.4 is 0 Å². The number of unbranched alkanes of at least 4 members (excludes halogenated alkanes) is 46. The summed E-state index contributed by atoms with van der Waals surface area (Å²) < 4.78 is 68.6. The molecular weight excluding hydrogens is 1280 g/mol. The first-order chi connectivity index (χ1) is 47.4. The molecule has 0 amide bonds. The van der Waals surface area contributed by atoms with E-state index in [0.29, 0.717) is 25.7 Å². The maximum atomic E-state index is 13.1. The molecule has 0 heterocycles. The van der Waals surface area contributed by atoms with E-state index in [0.717, 1.165) is 102 Å². The zero-order chi connectivity index (χ0) is 72.1. The van der Waals surface area contributed by atoms with E-state index >= 15 is 0 Å². The van der Waals surface area contributed by atoms with Gasteiger partial charge in [-0.2, -0.15) is 0 Å². The highest BCUT2D eigenvalue weighted by Gasteiger charge is 2.30. The first-order valence-corrected chi connectivity index (χ1v) is 44.1. The molecule has 0 aromatic rings. The van der Waals surface area contributed by atoms with Gasteiger partial charge < -0.3 is 33.8 Å². The third kappa shape index (κ3) is 69.8. The molecule has 19 heteroatoms. The third-order valence-electron chi connectivity index (χ3n) is 19.2.